The van der Waals surface area contributed by atoms with E-state index < -0.39 is 0 Å². The van der Waals surface area contributed by atoms with E-state index in [4.69, 9.17) is 5.73 Å². The third kappa shape index (κ3) is 2.97. The minimum Gasteiger partial charge on any atom is -0.399 e. The Labute approximate surface area is 102 Å². The minimum atomic E-state index is 0.136. The average molecular weight is 233 g/mol. The second-order valence-electron chi connectivity index (χ2n) is 4.53. The number of nitrogen functional groups attached to an aromatic ring is 1. The molecule has 0 aliphatic carbocycles. The van der Waals surface area contributed by atoms with Crippen LogP contribution in [-0.2, 0) is 4.79 Å². The molecular formula is C13H19N3O. The molecule has 4 heteroatoms. The van der Waals surface area contributed by atoms with Gasteiger partial charge in [-0.2, -0.15) is 0 Å². The van der Waals surface area contributed by atoms with Crippen molar-refractivity contribution >= 4 is 17.3 Å². The summed E-state index contributed by atoms with van der Waals surface area (Å²) in [6.45, 7) is 2.60. The molecule has 17 heavy (non-hydrogen) atoms. The lowest BCUT2D eigenvalue weighted by Crippen LogP contribution is -2.37. The summed E-state index contributed by atoms with van der Waals surface area (Å²) in [5.41, 5.74) is 7.23. The quantitative estimate of drug-likeness (QED) is 0.801. The minimum absolute atomic E-state index is 0.136. The normalized spacial score (nSPS) is 16.1. The first-order valence-corrected chi connectivity index (χ1v) is 6.01. The smallest absolute Gasteiger partial charge is 0.240 e. The van der Waals surface area contributed by atoms with E-state index in [9.17, 15) is 4.79 Å². The van der Waals surface area contributed by atoms with E-state index in [1.54, 1.807) is 4.90 Å². The van der Waals surface area contributed by atoms with Crippen LogP contribution in [0.2, 0.25) is 0 Å². The largest absolute Gasteiger partial charge is 0.399 e. The van der Waals surface area contributed by atoms with Crippen molar-refractivity contribution in [2.24, 2.45) is 0 Å². The van der Waals surface area contributed by atoms with E-state index in [0.29, 0.717) is 12.2 Å². The van der Waals surface area contributed by atoms with E-state index in [1.165, 1.54) is 12.8 Å². The first kappa shape index (κ1) is 11.9. The summed E-state index contributed by atoms with van der Waals surface area (Å²) in [5, 5.41) is 0. The van der Waals surface area contributed by atoms with Gasteiger partial charge in [-0.15, -0.1) is 0 Å². The third-order valence-corrected chi connectivity index (χ3v) is 3.21. The average Bonchev–Trinajstić information content (AvgIpc) is 2.82. The van der Waals surface area contributed by atoms with Crippen molar-refractivity contribution in [1.29, 1.82) is 0 Å². The molecule has 0 aromatic heterocycles. The zero-order valence-corrected chi connectivity index (χ0v) is 10.2. The maximum absolute atomic E-state index is 12.0. The maximum atomic E-state index is 12.0. The summed E-state index contributed by atoms with van der Waals surface area (Å²) in [7, 11) is 1.81. The molecule has 0 radical (unpaired) electrons. The molecule has 92 valence electrons. The number of carbonyl (C=O) groups excluding carboxylic acids is 1. The van der Waals surface area contributed by atoms with Crippen LogP contribution >= 0.6 is 0 Å². The Kier molecular flexibility index (Phi) is 3.64. The third-order valence-electron chi connectivity index (χ3n) is 3.21. The Bertz CT molecular complexity index is 382. The number of benzene rings is 1. The van der Waals surface area contributed by atoms with Gasteiger partial charge in [-0.1, -0.05) is 0 Å². The summed E-state index contributed by atoms with van der Waals surface area (Å²) in [6.07, 6.45) is 2.41. The number of hydrogen-bond acceptors (Lipinski definition) is 3. The molecule has 1 aromatic rings. The van der Waals surface area contributed by atoms with Crippen LogP contribution < -0.4 is 10.6 Å². The Balaban J connectivity index is 1.96. The molecule has 4 nitrogen and oxygen atoms in total. The van der Waals surface area contributed by atoms with Gasteiger partial charge in [0.2, 0.25) is 5.91 Å². The summed E-state index contributed by atoms with van der Waals surface area (Å²) in [6, 6.07) is 7.37. The van der Waals surface area contributed by atoms with Crippen LogP contribution in [0.1, 0.15) is 12.8 Å². The van der Waals surface area contributed by atoms with Gasteiger partial charge >= 0.3 is 0 Å². The van der Waals surface area contributed by atoms with Gasteiger partial charge in [-0.25, -0.2) is 0 Å². The number of anilines is 2. The number of nitrogens with two attached hydrogens (primary N) is 1. The van der Waals surface area contributed by atoms with Gasteiger partial charge in [0.1, 0.15) is 0 Å². The molecule has 0 unspecified atom stereocenters. The number of carbonyl (C=O) groups is 1. The molecule has 0 saturated carbocycles. The first-order chi connectivity index (χ1) is 8.16. The van der Waals surface area contributed by atoms with Gasteiger partial charge in [-0.05, 0) is 50.2 Å². The van der Waals surface area contributed by atoms with E-state index in [0.717, 1.165) is 18.8 Å². The lowest BCUT2D eigenvalue weighted by molar-refractivity contribution is -0.119. The molecule has 2 N–H and O–H groups in total. The fourth-order valence-corrected chi connectivity index (χ4v) is 2.08. The van der Waals surface area contributed by atoms with Crippen LogP contribution in [0, 0.1) is 0 Å². The number of likely N-dealkylation sites (tertiary alicyclic amines) is 1. The molecule has 2 rings (SSSR count). The van der Waals surface area contributed by atoms with Crippen LogP contribution in [0.15, 0.2) is 24.3 Å². The van der Waals surface area contributed by atoms with Crippen molar-refractivity contribution in [3.8, 4) is 0 Å². The predicted molar refractivity (Wildman–Crippen MR) is 69.9 cm³/mol. The number of nitrogens with zero attached hydrogens (tertiary/aromatic N) is 2. The van der Waals surface area contributed by atoms with Gasteiger partial charge in [-0.3, -0.25) is 9.69 Å². The molecule has 1 aliphatic rings. The molecule has 1 amide bonds. The molecule has 1 aliphatic heterocycles. The Hall–Kier alpha value is -1.55. The molecule has 0 atom stereocenters. The highest BCUT2D eigenvalue weighted by Gasteiger charge is 2.18. The molecular weight excluding hydrogens is 214 g/mol. The van der Waals surface area contributed by atoms with Gasteiger partial charge in [0.15, 0.2) is 0 Å². The monoisotopic (exact) mass is 233 g/mol. The Morgan fingerprint density at radius 1 is 1.29 bits per heavy atom. The topological polar surface area (TPSA) is 49.6 Å². The van der Waals surface area contributed by atoms with Crippen LogP contribution in [0.25, 0.3) is 0 Å². The van der Waals surface area contributed by atoms with Crippen molar-refractivity contribution < 1.29 is 4.79 Å². The predicted octanol–water partition coefficient (Wildman–Crippen LogP) is 1.33. The summed E-state index contributed by atoms with van der Waals surface area (Å²) in [5.74, 6) is 0.136. The van der Waals surface area contributed by atoms with Crippen molar-refractivity contribution in [3.63, 3.8) is 0 Å². The fraction of sp³-hybridized carbons (Fsp3) is 0.462. The zero-order chi connectivity index (χ0) is 12.3. The van der Waals surface area contributed by atoms with Crippen molar-refractivity contribution in [2.45, 2.75) is 12.8 Å². The molecule has 0 bridgehead atoms. The summed E-state index contributed by atoms with van der Waals surface area (Å²) < 4.78 is 0. The molecule has 1 fully saturated rings. The lowest BCUT2D eigenvalue weighted by Gasteiger charge is -2.21. The highest BCUT2D eigenvalue weighted by molar-refractivity contribution is 5.94. The van der Waals surface area contributed by atoms with E-state index >= 15 is 0 Å². The first-order valence-electron chi connectivity index (χ1n) is 6.01. The second kappa shape index (κ2) is 5.19. The van der Waals surface area contributed by atoms with Crippen LogP contribution in [0.4, 0.5) is 11.4 Å². The standard InChI is InChI=1S/C13H19N3O/c1-15(12-6-4-11(14)5-7-12)13(17)10-16-8-2-3-9-16/h4-7H,2-3,8-10,14H2,1H3. The SMILES string of the molecule is CN(C(=O)CN1CCCC1)c1ccc(N)cc1. The van der Waals surface area contributed by atoms with Crippen molar-refractivity contribution in [1.82, 2.24) is 4.90 Å². The fourth-order valence-electron chi connectivity index (χ4n) is 2.08. The van der Waals surface area contributed by atoms with Gasteiger partial charge < -0.3 is 10.6 Å². The maximum Gasteiger partial charge on any atom is 0.240 e. The molecule has 1 aromatic carbocycles. The Morgan fingerprint density at radius 2 is 1.88 bits per heavy atom. The Morgan fingerprint density at radius 3 is 2.47 bits per heavy atom. The highest BCUT2D eigenvalue weighted by atomic mass is 16.2. The van der Waals surface area contributed by atoms with Crippen molar-refractivity contribution in [2.75, 3.05) is 37.3 Å². The number of amides is 1. The summed E-state index contributed by atoms with van der Waals surface area (Å²) >= 11 is 0. The molecule has 1 heterocycles. The van der Waals surface area contributed by atoms with E-state index in [-0.39, 0.29) is 5.91 Å². The molecule has 0 spiro atoms. The highest BCUT2D eigenvalue weighted by Crippen LogP contribution is 2.16. The van der Waals surface area contributed by atoms with Crippen molar-refractivity contribution in [3.05, 3.63) is 24.3 Å². The lowest BCUT2D eigenvalue weighted by atomic mass is 10.2. The summed E-state index contributed by atoms with van der Waals surface area (Å²) in [4.78, 5) is 15.9. The number of likely N-dealkylation sites (N-methyl/N-ethyl adjacent to an activating group) is 1. The van der Waals surface area contributed by atoms with Crippen LogP contribution in [0.3, 0.4) is 0 Å². The number of hydrogen-bond donors (Lipinski definition) is 1. The van der Waals surface area contributed by atoms with Crippen LogP contribution in [-0.4, -0.2) is 37.5 Å². The molecule has 1 saturated heterocycles. The van der Waals surface area contributed by atoms with Gasteiger partial charge in [0, 0.05) is 18.4 Å². The van der Waals surface area contributed by atoms with Gasteiger partial charge in [0.05, 0.1) is 6.54 Å². The number of rotatable bonds is 3. The second-order valence-corrected chi connectivity index (χ2v) is 4.53. The van der Waals surface area contributed by atoms with E-state index in [1.807, 2.05) is 31.3 Å². The van der Waals surface area contributed by atoms with E-state index in [2.05, 4.69) is 4.90 Å². The van der Waals surface area contributed by atoms with Gasteiger partial charge in [0.25, 0.3) is 0 Å². The zero-order valence-electron chi connectivity index (χ0n) is 10.2. The van der Waals surface area contributed by atoms with Crippen LogP contribution in [0.5, 0.6) is 0 Å².